The second-order valence-electron chi connectivity index (χ2n) is 2.08. The second-order valence-corrected chi connectivity index (χ2v) is 2.48. The summed E-state index contributed by atoms with van der Waals surface area (Å²) < 4.78 is 12.6. The molecular formula is C8H5FN2S. The van der Waals surface area contributed by atoms with Crippen LogP contribution in [-0.4, -0.2) is 4.99 Å². The van der Waals surface area contributed by atoms with Crippen LogP contribution in [0.4, 0.5) is 10.1 Å². The molecule has 0 heterocycles. The minimum absolute atomic E-state index is 0.0283. The highest BCUT2D eigenvalue weighted by molar-refractivity contribution is 7.81. The Kier molecular flexibility index (Phi) is 2.72. The lowest BCUT2D eigenvalue weighted by Crippen LogP contribution is -2.05. The lowest BCUT2D eigenvalue weighted by molar-refractivity contribution is 0.628. The van der Waals surface area contributed by atoms with E-state index in [4.69, 9.17) is 5.26 Å². The van der Waals surface area contributed by atoms with E-state index < -0.39 is 0 Å². The average molecular weight is 180 g/mol. The van der Waals surface area contributed by atoms with Gasteiger partial charge in [0.25, 0.3) is 0 Å². The van der Waals surface area contributed by atoms with E-state index in [0.717, 1.165) is 0 Å². The van der Waals surface area contributed by atoms with Gasteiger partial charge in [-0.25, -0.2) is 4.39 Å². The first kappa shape index (κ1) is 8.62. The SMILES string of the molecule is N#CC(=S)Nc1cccc(F)c1. The number of thiocarbonyl (C=S) groups is 1. The summed E-state index contributed by atoms with van der Waals surface area (Å²) in [5.41, 5.74) is 0.488. The van der Waals surface area contributed by atoms with Gasteiger partial charge in [0.05, 0.1) is 0 Å². The molecule has 0 amide bonds. The fourth-order valence-electron chi connectivity index (χ4n) is 0.725. The van der Waals surface area contributed by atoms with Gasteiger partial charge in [-0.1, -0.05) is 6.07 Å². The van der Waals surface area contributed by atoms with Gasteiger partial charge >= 0.3 is 0 Å². The average Bonchev–Trinajstić information content (AvgIpc) is 2.04. The Hall–Kier alpha value is -1.47. The van der Waals surface area contributed by atoms with Gasteiger partial charge in [-0.15, -0.1) is 0 Å². The zero-order chi connectivity index (χ0) is 8.97. The number of halogens is 1. The maximum absolute atomic E-state index is 12.6. The quantitative estimate of drug-likeness (QED) is 0.672. The van der Waals surface area contributed by atoms with Crippen molar-refractivity contribution < 1.29 is 4.39 Å². The summed E-state index contributed by atoms with van der Waals surface area (Å²) >= 11 is 4.59. The molecule has 1 aromatic rings. The highest BCUT2D eigenvalue weighted by Crippen LogP contribution is 2.08. The molecule has 1 aromatic carbocycles. The summed E-state index contributed by atoms with van der Waals surface area (Å²) in [5.74, 6) is -0.360. The number of anilines is 1. The number of nitriles is 1. The molecule has 4 heteroatoms. The van der Waals surface area contributed by atoms with Gasteiger partial charge in [0, 0.05) is 5.69 Å². The van der Waals surface area contributed by atoms with E-state index in [-0.39, 0.29) is 10.8 Å². The van der Waals surface area contributed by atoms with Crippen LogP contribution in [0, 0.1) is 17.1 Å². The number of nitrogens with zero attached hydrogens (tertiary/aromatic N) is 1. The fourth-order valence-corrected chi connectivity index (χ4v) is 0.843. The van der Waals surface area contributed by atoms with Crippen LogP contribution in [-0.2, 0) is 0 Å². The molecule has 12 heavy (non-hydrogen) atoms. The van der Waals surface area contributed by atoms with Crippen LogP contribution in [0.2, 0.25) is 0 Å². The van der Waals surface area contributed by atoms with E-state index in [0.29, 0.717) is 5.69 Å². The Morgan fingerprint density at radius 3 is 2.92 bits per heavy atom. The monoisotopic (exact) mass is 180 g/mol. The van der Waals surface area contributed by atoms with E-state index in [2.05, 4.69) is 17.5 Å². The van der Waals surface area contributed by atoms with Crippen molar-refractivity contribution in [2.45, 2.75) is 0 Å². The number of hydrogen-bond acceptors (Lipinski definition) is 2. The minimum Gasteiger partial charge on any atom is -0.338 e. The summed E-state index contributed by atoms with van der Waals surface area (Å²) in [6.07, 6.45) is 0. The van der Waals surface area contributed by atoms with Crippen molar-refractivity contribution in [3.8, 4) is 6.07 Å². The van der Waals surface area contributed by atoms with Crippen molar-refractivity contribution in [2.75, 3.05) is 5.32 Å². The van der Waals surface area contributed by atoms with E-state index in [1.807, 2.05) is 0 Å². The summed E-state index contributed by atoms with van der Waals surface area (Å²) in [4.78, 5) is 0.0283. The predicted octanol–water partition coefficient (Wildman–Crippen LogP) is 2.09. The fraction of sp³-hybridized carbons (Fsp3) is 0. The number of hydrogen-bond donors (Lipinski definition) is 1. The molecule has 0 bridgehead atoms. The van der Waals surface area contributed by atoms with E-state index >= 15 is 0 Å². The lowest BCUT2D eigenvalue weighted by Gasteiger charge is -2.00. The normalized spacial score (nSPS) is 8.67. The van der Waals surface area contributed by atoms with Gasteiger partial charge < -0.3 is 5.32 Å². The van der Waals surface area contributed by atoms with Crippen LogP contribution >= 0.6 is 12.2 Å². The highest BCUT2D eigenvalue weighted by Gasteiger charge is 1.96. The maximum Gasteiger partial charge on any atom is 0.182 e. The van der Waals surface area contributed by atoms with E-state index in [1.165, 1.54) is 18.2 Å². The van der Waals surface area contributed by atoms with Crippen LogP contribution in [0.3, 0.4) is 0 Å². The van der Waals surface area contributed by atoms with E-state index in [9.17, 15) is 4.39 Å². The largest absolute Gasteiger partial charge is 0.338 e. The van der Waals surface area contributed by atoms with Crippen molar-refractivity contribution in [2.24, 2.45) is 0 Å². The predicted molar refractivity (Wildman–Crippen MR) is 48.2 cm³/mol. The number of benzene rings is 1. The molecule has 0 saturated heterocycles. The third-order valence-electron chi connectivity index (χ3n) is 1.18. The second kappa shape index (κ2) is 3.79. The maximum atomic E-state index is 12.6. The molecule has 0 saturated carbocycles. The van der Waals surface area contributed by atoms with Gasteiger partial charge in [-0.2, -0.15) is 5.26 Å². The van der Waals surface area contributed by atoms with Gasteiger partial charge in [-0.3, -0.25) is 0 Å². The first-order valence-corrected chi connectivity index (χ1v) is 3.60. The summed E-state index contributed by atoms with van der Waals surface area (Å²) in [6, 6.07) is 7.49. The number of nitrogens with one attached hydrogen (secondary N) is 1. The molecule has 0 fully saturated rings. The summed E-state index contributed by atoms with van der Waals surface area (Å²) in [6.45, 7) is 0. The van der Waals surface area contributed by atoms with Gasteiger partial charge in [0.2, 0.25) is 0 Å². The Balaban J connectivity index is 2.78. The van der Waals surface area contributed by atoms with Crippen LogP contribution < -0.4 is 5.32 Å². The van der Waals surface area contributed by atoms with Crippen LogP contribution in [0.15, 0.2) is 24.3 Å². The first-order chi connectivity index (χ1) is 5.72. The van der Waals surface area contributed by atoms with E-state index in [1.54, 1.807) is 12.1 Å². The molecule has 0 aromatic heterocycles. The molecule has 0 atom stereocenters. The topological polar surface area (TPSA) is 35.8 Å². The first-order valence-electron chi connectivity index (χ1n) is 3.19. The Morgan fingerprint density at radius 2 is 2.33 bits per heavy atom. The zero-order valence-electron chi connectivity index (χ0n) is 6.04. The van der Waals surface area contributed by atoms with Crippen LogP contribution in [0.1, 0.15) is 0 Å². The molecule has 1 rings (SSSR count). The van der Waals surface area contributed by atoms with Crippen molar-refractivity contribution in [1.29, 1.82) is 5.26 Å². The lowest BCUT2D eigenvalue weighted by atomic mass is 10.3. The van der Waals surface area contributed by atoms with Crippen LogP contribution in [0.5, 0.6) is 0 Å². The third kappa shape index (κ3) is 2.29. The summed E-state index contributed by atoms with van der Waals surface area (Å²) in [7, 11) is 0. The van der Waals surface area contributed by atoms with Crippen molar-refractivity contribution in [3.05, 3.63) is 30.1 Å². The molecule has 0 unspecified atom stereocenters. The van der Waals surface area contributed by atoms with Crippen LogP contribution in [0.25, 0.3) is 0 Å². The van der Waals surface area contributed by atoms with Crippen molar-refractivity contribution >= 4 is 22.9 Å². The number of rotatable bonds is 1. The Bertz CT molecular complexity index is 343. The minimum atomic E-state index is -0.360. The Morgan fingerprint density at radius 1 is 1.58 bits per heavy atom. The molecule has 2 nitrogen and oxygen atoms in total. The highest BCUT2D eigenvalue weighted by atomic mass is 32.1. The van der Waals surface area contributed by atoms with Crippen molar-refractivity contribution in [1.82, 2.24) is 0 Å². The molecule has 0 spiro atoms. The van der Waals surface area contributed by atoms with Gasteiger partial charge in [0.1, 0.15) is 11.9 Å². The molecule has 0 aliphatic carbocycles. The third-order valence-corrected chi connectivity index (χ3v) is 1.38. The molecule has 0 aliphatic rings. The standard InChI is InChI=1S/C8H5FN2S/c9-6-2-1-3-7(4-6)11-8(12)5-10/h1-4H,(H,11,12). The summed E-state index contributed by atoms with van der Waals surface area (Å²) in [5, 5.41) is 10.9. The molecular weight excluding hydrogens is 175 g/mol. The Labute approximate surface area is 74.6 Å². The molecule has 0 radical (unpaired) electrons. The van der Waals surface area contributed by atoms with Crippen molar-refractivity contribution in [3.63, 3.8) is 0 Å². The van der Waals surface area contributed by atoms with Gasteiger partial charge in [-0.05, 0) is 30.4 Å². The molecule has 60 valence electrons. The molecule has 0 aliphatic heterocycles. The molecule has 1 N–H and O–H groups in total. The zero-order valence-corrected chi connectivity index (χ0v) is 6.86. The van der Waals surface area contributed by atoms with Gasteiger partial charge in [0.15, 0.2) is 4.99 Å². The smallest absolute Gasteiger partial charge is 0.182 e.